The largest absolute Gasteiger partial charge is 0.496 e. The van der Waals surface area contributed by atoms with Gasteiger partial charge in [-0.15, -0.1) is 0 Å². The van der Waals surface area contributed by atoms with E-state index in [2.05, 4.69) is 10.3 Å². The maximum Gasteiger partial charge on any atom is 0.251 e. The third-order valence-electron chi connectivity index (χ3n) is 2.80. The number of amides is 1. The van der Waals surface area contributed by atoms with Gasteiger partial charge in [-0.05, 0) is 30.3 Å². The molecule has 0 unspecified atom stereocenters. The second-order valence-electron chi connectivity index (χ2n) is 4.11. The van der Waals surface area contributed by atoms with Gasteiger partial charge in [-0.3, -0.25) is 9.78 Å². The van der Waals surface area contributed by atoms with Crippen molar-refractivity contribution < 1.29 is 14.6 Å². The van der Waals surface area contributed by atoms with Gasteiger partial charge in [0.05, 0.1) is 19.4 Å². The number of aromatic nitrogens is 1. The van der Waals surface area contributed by atoms with Gasteiger partial charge in [-0.25, -0.2) is 0 Å². The van der Waals surface area contributed by atoms with Crippen LogP contribution >= 0.6 is 0 Å². The van der Waals surface area contributed by atoms with Crippen LogP contribution in [0.5, 0.6) is 5.75 Å². The molecule has 0 aliphatic carbocycles. The van der Waals surface area contributed by atoms with E-state index >= 15 is 0 Å². The number of aliphatic hydroxyl groups is 1. The van der Waals surface area contributed by atoms with Crippen molar-refractivity contribution in [2.24, 2.45) is 0 Å². The van der Waals surface area contributed by atoms with Crippen LogP contribution < -0.4 is 10.1 Å². The van der Waals surface area contributed by atoms with E-state index in [1.54, 1.807) is 31.5 Å². The topological polar surface area (TPSA) is 71.5 Å². The fraction of sp³-hybridized carbons (Fsp3) is 0.200. The Labute approximate surface area is 117 Å². The number of hydrogen-bond acceptors (Lipinski definition) is 4. The van der Waals surface area contributed by atoms with Gasteiger partial charge in [-0.1, -0.05) is 6.07 Å². The predicted molar refractivity (Wildman–Crippen MR) is 75.6 cm³/mol. The van der Waals surface area contributed by atoms with Crippen LogP contribution in [0.15, 0.2) is 42.6 Å². The molecule has 1 aromatic carbocycles. The minimum atomic E-state index is -0.237. The van der Waals surface area contributed by atoms with Crippen molar-refractivity contribution in [1.82, 2.24) is 10.3 Å². The van der Waals surface area contributed by atoms with Gasteiger partial charge in [0.2, 0.25) is 0 Å². The second kappa shape index (κ2) is 6.68. The molecule has 0 aliphatic heterocycles. The number of rotatable bonds is 5. The summed E-state index contributed by atoms with van der Waals surface area (Å²) in [7, 11) is 1.58. The number of ether oxygens (including phenoxy) is 1. The van der Waals surface area contributed by atoms with Gasteiger partial charge in [0.25, 0.3) is 5.91 Å². The molecule has 0 saturated heterocycles. The van der Waals surface area contributed by atoms with E-state index in [4.69, 9.17) is 9.84 Å². The molecule has 1 amide bonds. The SMILES string of the molecule is COc1ccc(C(=O)NCCO)cc1-c1ccccn1. The lowest BCUT2D eigenvalue weighted by molar-refractivity contribution is 0.0945. The van der Waals surface area contributed by atoms with Crippen LogP contribution in [0.25, 0.3) is 11.3 Å². The number of hydrogen-bond donors (Lipinski definition) is 2. The molecular weight excluding hydrogens is 256 g/mol. The summed E-state index contributed by atoms with van der Waals surface area (Å²) in [6.07, 6.45) is 1.69. The first kappa shape index (κ1) is 14.0. The van der Waals surface area contributed by atoms with Gasteiger partial charge >= 0.3 is 0 Å². The molecule has 0 fully saturated rings. The number of pyridine rings is 1. The highest BCUT2D eigenvalue weighted by Gasteiger charge is 2.12. The minimum Gasteiger partial charge on any atom is -0.496 e. The lowest BCUT2D eigenvalue weighted by Gasteiger charge is -2.10. The van der Waals surface area contributed by atoms with Gasteiger partial charge in [0.15, 0.2) is 0 Å². The Morgan fingerprint density at radius 3 is 2.85 bits per heavy atom. The molecule has 104 valence electrons. The fourth-order valence-electron chi connectivity index (χ4n) is 1.84. The molecule has 2 rings (SSSR count). The standard InChI is InChI=1S/C15H16N2O3/c1-20-14-6-5-11(15(19)17-8-9-18)10-12(14)13-4-2-3-7-16-13/h2-7,10,18H,8-9H2,1H3,(H,17,19). The molecule has 0 spiro atoms. The van der Waals surface area contributed by atoms with Gasteiger partial charge < -0.3 is 15.2 Å². The first-order valence-electron chi connectivity index (χ1n) is 6.24. The van der Waals surface area contributed by atoms with Crippen molar-refractivity contribution in [3.8, 4) is 17.0 Å². The lowest BCUT2D eigenvalue weighted by atomic mass is 10.1. The zero-order valence-electron chi connectivity index (χ0n) is 11.2. The zero-order valence-corrected chi connectivity index (χ0v) is 11.2. The molecule has 0 saturated carbocycles. The van der Waals surface area contributed by atoms with Crippen LogP contribution in [-0.2, 0) is 0 Å². The highest BCUT2D eigenvalue weighted by molar-refractivity contribution is 5.96. The summed E-state index contributed by atoms with van der Waals surface area (Å²) in [4.78, 5) is 16.2. The summed E-state index contributed by atoms with van der Waals surface area (Å²) >= 11 is 0. The van der Waals surface area contributed by atoms with E-state index in [1.165, 1.54) is 0 Å². The van der Waals surface area contributed by atoms with Crippen molar-refractivity contribution in [1.29, 1.82) is 0 Å². The number of aliphatic hydroxyl groups excluding tert-OH is 1. The third-order valence-corrected chi connectivity index (χ3v) is 2.80. The van der Waals surface area contributed by atoms with Crippen LogP contribution in [0.1, 0.15) is 10.4 Å². The molecule has 1 heterocycles. The average molecular weight is 272 g/mol. The maximum atomic E-state index is 11.9. The molecule has 0 atom stereocenters. The van der Waals surface area contributed by atoms with Crippen molar-refractivity contribution >= 4 is 5.91 Å². The predicted octanol–water partition coefficient (Wildman–Crippen LogP) is 1.48. The molecule has 0 aliphatic rings. The normalized spacial score (nSPS) is 10.1. The molecular formula is C15H16N2O3. The van der Waals surface area contributed by atoms with E-state index in [0.717, 1.165) is 11.3 Å². The van der Waals surface area contributed by atoms with Crippen LogP contribution in [0.4, 0.5) is 0 Å². The summed E-state index contributed by atoms with van der Waals surface area (Å²) < 4.78 is 5.30. The van der Waals surface area contributed by atoms with Crippen molar-refractivity contribution in [2.45, 2.75) is 0 Å². The number of methoxy groups -OCH3 is 1. The van der Waals surface area contributed by atoms with Gasteiger partial charge in [-0.2, -0.15) is 0 Å². The summed E-state index contributed by atoms with van der Waals surface area (Å²) in [6.45, 7) is 0.138. The van der Waals surface area contributed by atoms with Crippen LogP contribution in [0, 0.1) is 0 Å². The van der Waals surface area contributed by atoms with Gasteiger partial charge in [0.1, 0.15) is 5.75 Å². The zero-order chi connectivity index (χ0) is 14.4. The summed E-state index contributed by atoms with van der Waals surface area (Å²) in [5, 5.41) is 11.3. The molecule has 2 N–H and O–H groups in total. The van der Waals surface area contributed by atoms with E-state index in [1.807, 2.05) is 18.2 Å². The van der Waals surface area contributed by atoms with Crippen LogP contribution in [0.3, 0.4) is 0 Å². The monoisotopic (exact) mass is 272 g/mol. The first-order valence-corrected chi connectivity index (χ1v) is 6.24. The highest BCUT2D eigenvalue weighted by Crippen LogP contribution is 2.29. The Morgan fingerprint density at radius 2 is 2.20 bits per heavy atom. The second-order valence-corrected chi connectivity index (χ2v) is 4.11. The van der Waals surface area contributed by atoms with E-state index in [-0.39, 0.29) is 19.1 Å². The van der Waals surface area contributed by atoms with Crippen LogP contribution in [-0.4, -0.2) is 36.3 Å². The maximum absolute atomic E-state index is 11.9. The van der Waals surface area contributed by atoms with E-state index in [0.29, 0.717) is 11.3 Å². The number of nitrogens with zero attached hydrogens (tertiary/aromatic N) is 1. The number of benzene rings is 1. The summed E-state index contributed by atoms with van der Waals surface area (Å²) in [5.74, 6) is 0.418. The highest BCUT2D eigenvalue weighted by atomic mass is 16.5. The molecule has 0 radical (unpaired) electrons. The van der Waals surface area contributed by atoms with Crippen LogP contribution in [0.2, 0.25) is 0 Å². The fourth-order valence-corrected chi connectivity index (χ4v) is 1.84. The van der Waals surface area contributed by atoms with Crippen molar-refractivity contribution in [2.75, 3.05) is 20.3 Å². The molecule has 5 nitrogen and oxygen atoms in total. The number of nitrogens with one attached hydrogen (secondary N) is 1. The summed E-state index contributed by atoms with van der Waals surface area (Å²) in [6, 6.07) is 10.7. The number of carbonyl (C=O) groups is 1. The Bertz CT molecular complexity index is 585. The van der Waals surface area contributed by atoms with Gasteiger partial charge in [0, 0.05) is 23.9 Å². The van der Waals surface area contributed by atoms with Crippen molar-refractivity contribution in [3.63, 3.8) is 0 Å². The Morgan fingerprint density at radius 1 is 1.35 bits per heavy atom. The smallest absolute Gasteiger partial charge is 0.251 e. The molecule has 20 heavy (non-hydrogen) atoms. The van der Waals surface area contributed by atoms with Crippen molar-refractivity contribution in [3.05, 3.63) is 48.2 Å². The quantitative estimate of drug-likeness (QED) is 0.865. The average Bonchev–Trinajstić information content (AvgIpc) is 2.52. The Hall–Kier alpha value is -2.40. The Balaban J connectivity index is 2.37. The summed E-state index contributed by atoms with van der Waals surface area (Å²) in [5.41, 5.74) is 1.99. The Kier molecular flexibility index (Phi) is 4.68. The minimum absolute atomic E-state index is 0.0883. The van der Waals surface area contributed by atoms with E-state index < -0.39 is 0 Å². The van der Waals surface area contributed by atoms with E-state index in [9.17, 15) is 4.79 Å². The lowest BCUT2D eigenvalue weighted by Crippen LogP contribution is -2.26. The number of carbonyl (C=O) groups excluding carboxylic acids is 1. The molecule has 0 bridgehead atoms. The third kappa shape index (κ3) is 3.13. The first-order chi connectivity index (χ1) is 9.76. The molecule has 5 heteroatoms. The molecule has 2 aromatic rings. The molecule has 1 aromatic heterocycles.